The fourth-order valence-corrected chi connectivity index (χ4v) is 4.98. The Morgan fingerprint density at radius 2 is 1.78 bits per heavy atom. The minimum Gasteiger partial charge on any atom is -0.493 e. The third-order valence-electron chi connectivity index (χ3n) is 4.93. The van der Waals surface area contributed by atoms with Gasteiger partial charge < -0.3 is 14.2 Å². The topological polar surface area (TPSA) is 48.0 Å². The second-order valence-corrected chi connectivity index (χ2v) is 9.31. The van der Waals surface area contributed by atoms with Crippen molar-refractivity contribution in [2.45, 2.75) is 27.2 Å². The normalized spacial score (nSPS) is 14.9. The maximum atomic E-state index is 12.5. The molecule has 2 aromatic rings. The van der Waals surface area contributed by atoms with Crippen LogP contribution in [0, 0.1) is 13.8 Å². The fraction of sp³-hybridized carbons (Fsp3) is 0.333. The molecule has 0 saturated carbocycles. The van der Waals surface area contributed by atoms with Crippen LogP contribution in [0.2, 0.25) is 5.02 Å². The van der Waals surface area contributed by atoms with Crippen molar-refractivity contribution < 1.29 is 19.0 Å². The maximum absolute atomic E-state index is 12.5. The highest BCUT2D eigenvalue weighted by Crippen LogP contribution is 2.39. The van der Waals surface area contributed by atoms with Gasteiger partial charge in [-0.15, -0.1) is 0 Å². The molecular weight excluding hydrogens is 466 g/mol. The molecule has 1 amide bonds. The van der Waals surface area contributed by atoms with Crippen molar-refractivity contribution in [2.24, 2.45) is 0 Å². The number of likely N-dealkylation sites (N-methyl/N-ethyl adjacent to an activating group) is 1. The summed E-state index contributed by atoms with van der Waals surface area (Å²) in [6, 6.07) is 9.64. The van der Waals surface area contributed by atoms with E-state index in [0.29, 0.717) is 51.9 Å². The van der Waals surface area contributed by atoms with Crippen molar-refractivity contribution in [1.82, 2.24) is 4.90 Å². The first-order valence-corrected chi connectivity index (χ1v) is 11.9. The number of thiocarbonyl (C=S) groups is 1. The zero-order valence-electron chi connectivity index (χ0n) is 18.6. The number of carbonyl (C=O) groups excluding carboxylic acids is 1. The van der Waals surface area contributed by atoms with E-state index in [1.807, 2.05) is 39.0 Å². The molecular formula is C24H26ClNO4S2. The number of amides is 1. The third-order valence-corrected chi connectivity index (χ3v) is 6.59. The molecule has 2 aromatic carbocycles. The number of benzene rings is 2. The van der Waals surface area contributed by atoms with E-state index in [2.05, 4.69) is 0 Å². The van der Waals surface area contributed by atoms with E-state index in [1.165, 1.54) is 11.8 Å². The molecule has 1 heterocycles. The van der Waals surface area contributed by atoms with Gasteiger partial charge in [-0.1, -0.05) is 53.8 Å². The van der Waals surface area contributed by atoms with Gasteiger partial charge >= 0.3 is 0 Å². The minimum atomic E-state index is -0.0956. The second-order valence-electron chi connectivity index (χ2n) is 7.23. The predicted molar refractivity (Wildman–Crippen MR) is 135 cm³/mol. The van der Waals surface area contributed by atoms with Crippen LogP contribution >= 0.6 is 35.6 Å². The van der Waals surface area contributed by atoms with E-state index >= 15 is 0 Å². The van der Waals surface area contributed by atoms with Crippen molar-refractivity contribution in [3.63, 3.8) is 0 Å². The van der Waals surface area contributed by atoms with Gasteiger partial charge in [0.15, 0.2) is 11.5 Å². The molecule has 0 bridgehead atoms. The lowest BCUT2D eigenvalue weighted by atomic mass is 10.1. The summed E-state index contributed by atoms with van der Waals surface area (Å²) in [4.78, 5) is 14.6. The number of aryl methyl sites for hydroxylation is 2. The number of halogens is 1. The Morgan fingerprint density at radius 3 is 2.38 bits per heavy atom. The Hall–Kier alpha value is -2.22. The molecule has 0 aliphatic carbocycles. The van der Waals surface area contributed by atoms with Crippen LogP contribution in [-0.2, 0) is 4.79 Å². The van der Waals surface area contributed by atoms with Crippen molar-refractivity contribution in [1.29, 1.82) is 0 Å². The van der Waals surface area contributed by atoms with Crippen LogP contribution in [-0.4, -0.2) is 42.0 Å². The van der Waals surface area contributed by atoms with Gasteiger partial charge in [-0.3, -0.25) is 9.69 Å². The first-order chi connectivity index (χ1) is 15.3. The molecule has 170 valence electrons. The van der Waals surface area contributed by atoms with Crippen LogP contribution in [0.3, 0.4) is 0 Å². The van der Waals surface area contributed by atoms with Gasteiger partial charge in [0.05, 0.1) is 30.3 Å². The largest absolute Gasteiger partial charge is 0.493 e. The van der Waals surface area contributed by atoms with Crippen LogP contribution in [0.5, 0.6) is 17.2 Å². The predicted octanol–water partition coefficient (Wildman–Crippen LogP) is 6.03. The van der Waals surface area contributed by atoms with Crippen molar-refractivity contribution in [3.8, 4) is 17.2 Å². The van der Waals surface area contributed by atoms with Gasteiger partial charge in [0.25, 0.3) is 5.91 Å². The van der Waals surface area contributed by atoms with Gasteiger partial charge in [-0.25, -0.2) is 0 Å². The van der Waals surface area contributed by atoms with Gasteiger partial charge in [-0.05, 0) is 55.7 Å². The number of ether oxygens (including phenoxy) is 3. The van der Waals surface area contributed by atoms with Gasteiger partial charge in [0, 0.05) is 13.0 Å². The maximum Gasteiger partial charge on any atom is 0.266 e. The average Bonchev–Trinajstić information content (AvgIpc) is 3.02. The lowest BCUT2D eigenvalue weighted by Gasteiger charge is -2.15. The highest BCUT2D eigenvalue weighted by molar-refractivity contribution is 8.26. The number of hydrogen-bond donors (Lipinski definition) is 0. The van der Waals surface area contributed by atoms with Crippen molar-refractivity contribution in [2.75, 3.05) is 26.9 Å². The van der Waals surface area contributed by atoms with Crippen LogP contribution in [0.25, 0.3) is 6.08 Å². The van der Waals surface area contributed by atoms with Crippen molar-refractivity contribution >= 4 is 51.9 Å². The Balaban J connectivity index is 1.64. The molecule has 5 nitrogen and oxygen atoms in total. The Labute approximate surface area is 203 Å². The molecule has 1 saturated heterocycles. The molecule has 0 N–H and O–H groups in total. The quantitative estimate of drug-likeness (QED) is 0.242. The Morgan fingerprint density at radius 1 is 1.12 bits per heavy atom. The van der Waals surface area contributed by atoms with Gasteiger partial charge in [0.1, 0.15) is 10.1 Å². The zero-order valence-corrected chi connectivity index (χ0v) is 21.0. The Kier molecular flexibility index (Phi) is 8.45. The van der Waals surface area contributed by atoms with Crippen LogP contribution in [0.1, 0.15) is 30.0 Å². The number of nitrogens with zero attached hydrogens (tertiary/aromatic N) is 1. The van der Waals surface area contributed by atoms with E-state index < -0.39 is 0 Å². The molecule has 0 atom stereocenters. The molecule has 0 radical (unpaired) electrons. The summed E-state index contributed by atoms with van der Waals surface area (Å²) in [5.74, 6) is 1.80. The lowest BCUT2D eigenvalue weighted by molar-refractivity contribution is -0.121. The van der Waals surface area contributed by atoms with Crippen LogP contribution in [0.15, 0.2) is 35.2 Å². The summed E-state index contributed by atoms with van der Waals surface area (Å²) < 4.78 is 17.9. The summed E-state index contributed by atoms with van der Waals surface area (Å²) in [7, 11) is 1.56. The van der Waals surface area contributed by atoms with E-state index in [4.69, 9.17) is 38.0 Å². The van der Waals surface area contributed by atoms with Gasteiger partial charge in [-0.2, -0.15) is 0 Å². The highest BCUT2D eigenvalue weighted by Gasteiger charge is 2.30. The molecule has 0 spiro atoms. The first kappa shape index (κ1) is 24.4. The number of hydrogen-bond acceptors (Lipinski definition) is 6. The number of methoxy groups -OCH3 is 1. The standard InChI is InChI=1S/C24H26ClNO4S2/c1-5-26-23(27)20(32-24(26)31)14-17-12-18(25)22(19(13-17)28-4)30-11-7-10-29-21-15(2)8-6-9-16(21)3/h6,8-9,12-14H,5,7,10-11H2,1-4H3/b20-14-. The average molecular weight is 492 g/mol. The molecule has 1 aliphatic rings. The molecule has 1 aliphatic heterocycles. The monoisotopic (exact) mass is 491 g/mol. The number of rotatable bonds is 9. The number of para-hydroxylation sites is 1. The van der Waals surface area contributed by atoms with E-state index in [-0.39, 0.29) is 5.91 Å². The minimum absolute atomic E-state index is 0.0956. The molecule has 0 aromatic heterocycles. The van der Waals surface area contributed by atoms with E-state index in [0.717, 1.165) is 22.4 Å². The van der Waals surface area contributed by atoms with Crippen molar-refractivity contribution in [3.05, 3.63) is 56.9 Å². The molecule has 0 unspecified atom stereocenters. The van der Waals surface area contributed by atoms with E-state index in [9.17, 15) is 4.79 Å². The summed E-state index contributed by atoms with van der Waals surface area (Å²) in [5.41, 5.74) is 2.97. The SMILES string of the molecule is CCN1C(=O)/C(=C/c2cc(Cl)c(OCCCOc3c(C)cccc3C)c(OC)c2)SC1=S. The molecule has 1 fully saturated rings. The fourth-order valence-electron chi connectivity index (χ4n) is 3.32. The second kappa shape index (κ2) is 11.1. The zero-order chi connectivity index (χ0) is 23.3. The summed E-state index contributed by atoms with van der Waals surface area (Å²) in [6.07, 6.45) is 2.46. The van der Waals surface area contributed by atoms with E-state index in [1.54, 1.807) is 30.2 Å². The van der Waals surface area contributed by atoms with Crippen LogP contribution in [0.4, 0.5) is 0 Å². The highest BCUT2D eigenvalue weighted by atomic mass is 35.5. The molecule has 8 heteroatoms. The lowest BCUT2D eigenvalue weighted by Crippen LogP contribution is -2.27. The summed E-state index contributed by atoms with van der Waals surface area (Å²) in [6.45, 7) is 7.47. The smallest absolute Gasteiger partial charge is 0.266 e. The Bertz CT molecular complexity index is 1030. The molecule has 3 rings (SSSR count). The van der Waals surface area contributed by atoms with Gasteiger partial charge in [0.2, 0.25) is 0 Å². The molecule has 32 heavy (non-hydrogen) atoms. The first-order valence-electron chi connectivity index (χ1n) is 10.3. The van der Waals surface area contributed by atoms with Crippen LogP contribution < -0.4 is 14.2 Å². The summed E-state index contributed by atoms with van der Waals surface area (Å²) >= 11 is 13.0. The number of thioether (sulfide) groups is 1. The number of carbonyl (C=O) groups is 1. The third kappa shape index (κ3) is 5.57. The summed E-state index contributed by atoms with van der Waals surface area (Å²) in [5, 5.41) is 0.414.